The van der Waals surface area contributed by atoms with Crippen LogP contribution < -0.4 is 0 Å². The van der Waals surface area contributed by atoms with E-state index in [-0.39, 0.29) is 18.9 Å². The van der Waals surface area contributed by atoms with Crippen molar-refractivity contribution >= 4 is 28.2 Å². The highest BCUT2D eigenvalue weighted by Gasteiger charge is 2.30. The fourth-order valence-electron chi connectivity index (χ4n) is 2.28. The molecular formula is C13H15N3O4S. The maximum atomic E-state index is 12.3. The number of carbonyl (C=O) groups excluding carboxylic acids is 2. The summed E-state index contributed by atoms with van der Waals surface area (Å²) in [6.45, 7) is 1.05. The summed E-state index contributed by atoms with van der Waals surface area (Å²) < 4.78 is 11.9. The predicted molar refractivity (Wildman–Crippen MR) is 75.1 cm³/mol. The van der Waals surface area contributed by atoms with E-state index in [1.807, 2.05) is 22.2 Å². The normalized spacial score (nSPS) is 18.9. The highest BCUT2D eigenvalue weighted by molar-refractivity contribution is 7.15. The molecule has 1 amide bonds. The van der Waals surface area contributed by atoms with Crippen LogP contribution in [0.2, 0.25) is 0 Å². The van der Waals surface area contributed by atoms with Gasteiger partial charge in [0.1, 0.15) is 0 Å². The van der Waals surface area contributed by atoms with Gasteiger partial charge in [0, 0.05) is 24.3 Å². The fraction of sp³-hybridized carbons (Fsp3) is 0.462. The van der Waals surface area contributed by atoms with E-state index in [1.165, 1.54) is 18.4 Å². The number of aromatic nitrogens is 2. The standard InChI is InChI=1S/C13H15N3O4S/c1-19-12(18)10-8-15(2-4-20-10)11(17)6-9-7-16-3-5-21-13(16)14-9/h3,5,7,10H,2,4,6,8H2,1H3. The third-order valence-corrected chi connectivity index (χ3v) is 4.13. The van der Waals surface area contributed by atoms with Crippen molar-refractivity contribution in [3.63, 3.8) is 0 Å². The zero-order valence-electron chi connectivity index (χ0n) is 11.5. The van der Waals surface area contributed by atoms with Gasteiger partial charge >= 0.3 is 5.97 Å². The molecule has 1 atom stereocenters. The molecule has 7 nitrogen and oxygen atoms in total. The van der Waals surface area contributed by atoms with Crippen LogP contribution >= 0.6 is 11.3 Å². The number of rotatable bonds is 3. The molecule has 21 heavy (non-hydrogen) atoms. The zero-order chi connectivity index (χ0) is 14.8. The van der Waals surface area contributed by atoms with Crippen LogP contribution in [0.3, 0.4) is 0 Å². The Morgan fingerprint density at radius 2 is 2.43 bits per heavy atom. The van der Waals surface area contributed by atoms with Crippen molar-refractivity contribution in [2.45, 2.75) is 12.5 Å². The molecule has 0 saturated carbocycles. The maximum absolute atomic E-state index is 12.3. The van der Waals surface area contributed by atoms with Crippen molar-refractivity contribution in [3.8, 4) is 0 Å². The number of imidazole rings is 1. The van der Waals surface area contributed by atoms with Gasteiger partial charge < -0.3 is 14.4 Å². The van der Waals surface area contributed by atoms with Crippen molar-refractivity contribution in [2.24, 2.45) is 0 Å². The van der Waals surface area contributed by atoms with Crippen LogP contribution in [0, 0.1) is 0 Å². The molecule has 1 unspecified atom stereocenters. The molecule has 1 aliphatic rings. The Balaban J connectivity index is 1.64. The Hall–Kier alpha value is -1.93. The minimum Gasteiger partial charge on any atom is -0.467 e. The lowest BCUT2D eigenvalue weighted by molar-refractivity contribution is -0.162. The van der Waals surface area contributed by atoms with Crippen LogP contribution in [0.1, 0.15) is 5.69 Å². The van der Waals surface area contributed by atoms with E-state index < -0.39 is 12.1 Å². The van der Waals surface area contributed by atoms with Gasteiger partial charge in [-0.25, -0.2) is 9.78 Å². The number of thiazole rings is 1. The van der Waals surface area contributed by atoms with Crippen LogP contribution in [0.5, 0.6) is 0 Å². The third kappa shape index (κ3) is 2.91. The second-order valence-electron chi connectivity index (χ2n) is 4.72. The summed E-state index contributed by atoms with van der Waals surface area (Å²) in [5.74, 6) is -0.507. The van der Waals surface area contributed by atoms with E-state index in [9.17, 15) is 9.59 Å². The Morgan fingerprint density at radius 1 is 1.57 bits per heavy atom. The molecule has 0 radical (unpaired) electrons. The van der Waals surface area contributed by atoms with Gasteiger partial charge in [-0.2, -0.15) is 0 Å². The van der Waals surface area contributed by atoms with E-state index >= 15 is 0 Å². The van der Waals surface area contributed by atoms with E-state index in [0.29, 0.717) is 13.2 Å². The third-order valence-electron chi connectivity index (χ3n) is 3.36. The lowest BCUT2D eigenvalue weighted by atomic mass is 10.2. The fourth-order valence-corrected chi connectivity index (χ4v) is 3.00. The van der Waals surface area contributed by atoms with E-state index in [2.05, 4.69) is 9.72 Å². The molecule has 1 saturated heterocycles. The topological polar surface area (TPSA) is 73.1 Å². The number of morpholine rings is 1. The van der Waals surface area contributed by atoms with Gasteiger partial charge in [-0.15, -0.1) is 11.3 Å². The van der Waals surface area contributed by atoms with Crippen LogP contribution in [-0.2, 0) is 25.5 Å². The first-order valence-electron chi connectivity index (χ1n) is 6.55. The summed E-state index contributed by atoms with van der Waals surface area (Å²) in [5.41, 5.74) is 0.730. The molecule has 0 N–H and O–H groups in total. The summed E-state index contributed by atoms with van der Waals surface area (Å²) in [7, 11) is 1.31. The van der Waals surface area contributed by atoms with Gasteiger partial charge in [0.15, 0.2) is 11.1 Å². The average Bonchev–Trinajstić information content (AvgIpc) is 3.07. The van der Waals surface area contributed by atoms with Crippen LogP contribution in [-0.4, -0.2) is 59.1 Å². The summed E-state index contributed by atoms with van der Waals surface area (Å²) >= 11 is 1.52. The summed E-state index contributed by atoms with van der Waals surface area (Å²) in [5, 5.41) is 1.94. The SMILES string of the molecule is COC(=O)C1CN(C(=O)Cc2cn3ccsc3n2)CCO1. The van der Waals surface area contributed by atoms with Crippen molar-refractivity contribution in [3.05, 3.63) is 23.5 Å². The largest absolute Gasteiger partial charge is 0.467 e. The van der Waals surface area contributed by atoms with E-state index in [1.54, 1.807) is 4.90 Å². The molecule has 0 aromatic carbocycles. The number of hydrogen-bond acceptors (Lipinski definition) is 6. The monoisotopic (exact) mass is 309 g/mol. The lowest BCUT2D eigenvalue weighted by Crippen LogP contribution is -2.49. The summed E-state index contributed by atoms with van der Waals surface area (Å²) in [6.07, 6.45) is 3.28. The van der Waals surface area contributed by atoms with Crippen molar-refractivity contribution in [1.29, 1.82) is 0 Å². The molecule has 3 heterocycles. The number of nitrogens with zero attached hydrogens (tertiary/aromatic N) is 3. The van der Waals surface area contributed by atoms with Gasteiger partial charge in [-0.05, 0) is 0 Å². The molecular weight excluding hydrogens is 294 g/mol. The Labute approximate surface area is 125 Å². The van der Waals surface area contributed by atoms with E-state index in [0.717, 1.165) is 10.7 Å². The second kappa shape index (κ2) is 5.82. The predicted octanol–water partition coefficient (Wildman–Crippen LogP) is 0.339. The minimum atomic E-state index is -0.696. The van der Waals surface area contributed by atoms with Crippen LogP contribution in [0.4, 0.5) is 0 Å². The number of ether oxygens (including phenoxy) is 2. The number of fused-ring (bicyclic) bond motifs is 1. The first-order valence-corrected chi connectivity index (χ1v) is 7.43. The molecule has 112 valence electrons. The lowest BCUT2D eigenvalue weighted by Gasteiger charge is -2.31. The quantitative estimate of drug-likeness (QED) is 0.764. The van der Waals surface area contributed by atoms with E-state index in [4.69, 9.17) is 4.74 Å². The van der Waals surface area contributed by atoms with Gasteiger partial charge in [0.05, 0.1) is 32.4 Å². The molecule has 1 fully saturated rings. The van der Waals surface area contributed by atoms with Gasteiger partial charge in [-0.3, -0.25) is 9.20 Å². The zero-order valence-corrected chi connectivity index (χ0v) is 12.3. The molecule has 0 bridgehead atoms. The highest BCUT2D eigenvalue weighted by atomic mass is 32.1. The Kier molecular flexibility index (Phi) is 3.89. The molecule has 1 aliphatic heterocycles. The molecule has 0 aliphatic carbocycles. The molecule has 3 rings (SSSR count). The number of methoxy groups -OCH3 is 1. The number of esters is 1. The van der Waals surface area contributed by atoms with Gasteiger partial charge in [0.25, 0.3) is 0 Å². The number of amides is 1. The molecule has 0 spiro atoms. The smallest absolute Gasteiger partial charge is 0.336 e. The molecule has 8 heteroatoms. The maximum Gasteiger partial charge on any atom is 0.336 e. The van der Waals surface area contributed by atoms with Gasteiger partial charge in [-0.1, -0.05) is 0 Å². The minimum absolute atomic E-state index is 0.0574. The Morgan fingerprint density at radius 3 is 3.19 bits per heavy atom. The number of hydrogen-bond donors (Lipinski definition) is 0. The molecule has 2 aromatic heterocycles. The van der Waals surface area contributed by atoms with Crippen molar-refractivity contribution < 1.29 is 19.1 Å². The Bertz CT molecular complexity index is 637. The second-order valence-corrected chi connectivity index (χ2v) is 5.60. The van der Waals surface area contributed by atoms with Crippen LogP contribution in [0.25, 0.3) is 4.96 Å². The van der Waals surface area contributed by atoms with Gasteiger partial charge in [0.2, 0.25) is 5.91 Å². The molecule has 2 aromatic rings. The first kappa shape index (κ1) is 14.0. The summed E-state index contributed by atoms with van der Waals surface area (Å²) in [4.78, 5) is 30.7. The van der Waals surface area contributed by atoms with Crippen molar-refractivity contribution in [2.75, 3.05) is 26.8 Å². The average molecular weight is 309 g/mol. The number of carbonyl (C=O) groups is 2. The highest BCUT2D eigenvalue weighted by Crippen LogP contribution is 2.13. The summed E-state index contributed by atoms with van der Waals surface area (Å²) in [6, 6.07) is 0. The van der Waals surface area contributed by atoms with Crippen LogP contribution in [0.15, 0.2) is 17.8 Å². The first-order chi connectivity index (χ1) is 10.2. The van der Waals surface area contributed by atoms with Crippen molar-refractivity contribution in [1.82, 2.24) is 14.3 Å².